The third-order valence-electron chi connectivity index (χ3n) is 2.41. The maximum atomic E-state index is 4.50. The molecule has 0 bridgehead atoms. The molecule has 1 aromatic heterocycles. The molecule has 0 aliphatic heterocycles. The molecule has 2 nitrogen and oxygen atoms in total. The topological polar surface area (TPSA) is 24.9 Å². The number of rotatable bonds is 5. The molecule has 0 aliphatic carbocycles. The summed E-state index contributed by atoms with van der Waals surface area (Å²) in [6.45, 7) is 7.62. The molecule has 0 saturated carbocycles. The number of halogens is 2. The molecule has 1 atom stereocenters. The maximum absolute atomic E-state index is 4.50. The molecular formula is C12H18Br2N2. The second-order valence-electron chi connectivity index (χ2n) is 4.20. The number of nitrogens with one attached hydrogen (secondary N) is 1. The van der Waals surface area contributed by atoms with Crippen LogP contribution in [0.15, 0.2) is 21.2 Å². The van der Waals surface area contributed by atoms with Crippen LogP contribution in [-0.2, 0) is 0 Å². The van der Waals surface area contributed by atoms with Gasteiger partial charge in [-0.2, -0.15) is 0 Å². The van der Waals surface area contributed by atoms with Gasteiger partial charge in [0.1, 0.15) is 0 Å². The van der Waals surface area contributed by atoms with Crippen LogP contribution in [0.3, 0.4) is 0 Å². The van der Waals surface area contributed by atoms with Crippen LogP contribution in [0.1, 0.15) is 38.9 Å². The van der Waals surface area contributed by atoms with Crippen molar-refractivity contribution >= 4 is 31.9 Å². The lowest BCUT2D eigenvalue weighted by Gasteiger charge is -2.22. The van der Waals surface area contributed by atoms with E-state index in [1.807, 2.05) is 12.3 Å². The van der Waals surface area contributed by atoms with Crippen molar-refractivity contribution in [1.29, 1.82) is 0 Å². The Balaban J connectivity index is 2.92. The highest BCUT2D eigenvalue weighted by Gasteiger charge is 2.18. The predicted molar refractivity (Wildman–Crippen MR) is 75.5 cm³/mol. The van der Waals surface area contributed by atoms with E-state index in [4.69, 9.17) is 0 Å². The Kier molecular flexibility index (Phi) is 5.94. The minimum absolute atomic E-state index is 0.308. The van der Waals surface area contributed by atoms with Crippen LogP contribution >= 0.6 is 31.9 Å². The third kappa shape index (κ3) is 3.82. The van der Waals surface area contributed by atoms with Gasteiger partial charge in [-0.25, -0.2) is 0 Å². The fraction of sp³-hybridized carbons (Fsp3) is 0.583. The summed E-state index contributed by atoms with van der Waals surface area (Å²) < 4.78 is 2.06. The van der Waals surface area contributed by atoms with Crippen LogP contribution in [0.4, 0.5) is 0 Å². The van der Waals surface area contributed by atoms with Crippen LogP contribution in [-0.4, -0.2) is 11.5 Å². The molecule has 0 amide bonds. The first kappa shape index (κ1) is 14.1. The van der Waals surface area contributed by atoms with Crippen LogP contribution < -0.4 is 5.32 Å². The molecule has 1 heterocycles. The zero-order valence-corrected chi connectivity index (χ0v) is 13.1. The lowest BCUT2D eigenvalue weighted by molar-refractivity contribution is 0.403. The van der Waals surface area contributed by atoms with Gasteiger partial charge < -0.3 is 5.32 Å². The van der Waals surface area contributed by atoms with Crippen molar-refractivity contribution < 1.29 is 0 Å². The van der Waals surface area contributed by atoms with E-state index in [0.29, 0.717) is 12.0 Å². The number of hydrogen-bond donors (Lipinski definition) is 1. The molecule has 1 unspecified atom stereocenters. The monoisotopic (exact) mass is 348 g/mol. The molecule has 1 N–H and O–H groups in total. The summed E-state index contributed by atoms with van der Waals surface area (Å²) >= 11 is 7.00. The SMILES string of the molecule is CCCNC(c1ncc(Br)cc1Br)C(C)C. The Bertz CT molecular complexity index is 340. The van der Waals surface area contributed by atoms with E-state index in [0.717, 1.165) is 27.6 Å². The lowest BCUT2D eigenvalue weighted by Crippen LogP contribution is -2.27. The minimum Gasteiger partial charge on any atom is -0.308 e. The average Bonchev–Trinajstić information content (AvgIpc) is 2.20. The largest absolute Gasteiger partial charge is 0.308 e. The molecule has 1 aromatic rings. The summed E-state index contributed by atoms with van der Waals surface area (Å²) in [5, 5.41) is 3.54. The van der Waals surface area contributed by atoms with Crippen molar-refractivity contribution in [3.8, 4) is 0 Å². The van der Waals surface area contributed by atoms with Crippen LogP contribution in [0.5, 0.6) is 0 Å². The minimum atomic E-state index is 0.308. The molecule has 0 aliphatic rings. The first-order valence-electron chi connectivity index (χ1n) is 5.60. The number of hydrogen-bond acceptors (Lipinski definition) is 2. The first-order chi connectivity index (χ1) is 7.56. The summed E-state index contributed by atoms with van der Waals surface area (Å²) in [6.07, 6.45) is 2.99. The Morgan fingerprint density at radius 3 is 2.56 bits per heavy atom. The fourth-order valence-electron chi connectivity index (χ4n) is 1.60. The molecule has 0 spiro atoms. The quantitative estimate of drug-likeness (QED) is 0.857. The van der Waals surface area contributed by atoms with Gasteiger partial charge in [0.05, 0.1) is 11.7 Å². The number of aromatic nitrogens is 1. The highest BCUT2D eigenvalue weighted by atomic mass is 79.9. The van der Waals surface area contributed by atoms with Crippen molar-refractivity contribution in [3.63, 3.8) is 0 Å². The van der Waals surface area contributed by atoms with Crippen LogP contribution in [0.25, 0.3) is 0 Å². The Labute approximate surface area is 114 Å². The summed E-state index contributed by atoms with van der Waals surface area (Å²) in [4.78, 5) is 4.50. The number of pyridine rings is 1. The van der Waals surface area contributed by atoms with E-state index >= 15 is 0 Å². The van der Waals surface area contributed by atoms with Gasteiger partial charge in [-0.05, 0) is 56.8 Å². The van der Waals surface area contributed by atoms with E-state index in [9.17, 15) is 0 Å². The van der Waals surface area contributed by atoms with Crippen LogP contribution in [0.2, 0.25) is 0 Å². The molecule has 0 saturated heterocycles. The van der Waals surface area contributed by atoms with Crippen molar-refractivity contribution in [2.75, 3.05) is 6.54 Å². The van der Waals surface area contributed by atoms with E-state index in [-0.39, 0.29) is 0 Å². The van der Waals surface area contributed by atoms with Gasteiger partial charge >= 0.3 is 0 Å². The van der Waals surface area contributed by atoms with Gasteiger partial charge in [0.2, 0.25) is 0 Å². The molecule has 1 rings (SSSR count). The Morgan fingerprint density at radius 1 is 1.38 bits per heavy atom. The lowest BCUT2D eigenvalue weighted by atomic mass is 10.0. The van der Waals surface area contributed by atoms with Crippen LogP contribution in [0, 0.1) is 5.92 Å². The zero-order chi connectivity index (χ0) is 12.1. The molecule has 0 radical (unpaired) electrons. The van der Waals surface area contributed by atoms with Crippen molar-refractivity contribution in [3.05, 3.63) is 26.9 Å². The van der Waals surface area contributed by atoms with E-state index < -0.39 is 0 Å². The van der Waals surface area contributed by atoms with Crippen molar-refractivity contribution in [2.24, 2.45) is 5.92 Å². The average molecular weight is 350 g/mol. The van der Waals surface area contributed by atoms with Crippen molar-refractivity contribution in [1.82, 2.24) is 10.3 Å². The van der Waals surface area contributed by atoms with E-state index in [1.165, 1.54) is 0 Å². The van der Waals surface area contributed by atoms with E-state index in [1.54, 1.807) is 0 Å². The smallest absolute Gasteiger partial charge is 0.0718 e. The van der Waals surface area contributed by atoms with Gasteiger partial charge in [0.25, 0.3) is 0 Å². The second-order valence-corrected chi connectivity index (χ2v) is 5.97. The maximum Gasteiger partial charge on any atom is 0.0718 e. The molecule has 0 aromatic carbocycles. The van der Waals surface area contributed by atoms with Gasteiger partial charge in [0.15, 0.2) is 0 Å². The predicted octanol–water partition coefficient (Wildman–Crippen LogP) is 4.30. The molecule has 0 fully saturated rings. The first-order valence-corrected chi connectivity index (χ1v) is 7.19. The van der Waals surface area contributed by atoms with Crippen molar-refractivity contribution in [2.45, 2.75) is 33.2 Å². The van der Waals surface area contributed by atoms with Gasteiger partial charge in [0, 0.05) is 15.1 Å². The number of nitrogens with zero attached hydrogens (tertiary/aromatic N) is 1. The normalized spacial score (nSPS) is 13.1. The summed E-state index contributed by atoms with van der Waals surface area (Å²) in [5.41, 5.74) is 1.09. The summed E-state index contributed by atoms with van der Waals surface area (Å²) in [6, 6.07) is 2.35. The summed E-state index contributed by atoms with van der Waals surface area (Å²) in [7, 11) is 0. The van der Waals surface area contributed by atoms with Gasteiger partial charge in [-0.3, -0.25) is 4.98 Å². The standard InChI is InChI=1S/C12H18Br2N2/c1-4-5-15-11(8(2)3)12-10(14)6-9(13)7-16-12/h6-8,11,15H,4-5H2,1-3H3. The van der Waals surface area contributed by atoms with E-state index in [2.05, 4.69) is 62.9 Å². The highest BCUT2D eigenvalue weighted by molar-refractivity contribution is 9.11. The molecule has 4 heteroatoms. The summed E-state index contributed by atoms with van der Waals surface area (Å²) in [5.74, 6) is 0.525. The van der Waals surface area contributed by atoms with Gasteiger partial charge in [-0.1, -0.05) is 20.8 Å². The Hall–Kier alpha value is 0.0700. The second kappa shape index (κ2) is 6.72. The third-order valence-corrected chi connectivity index (χ3v) is 3.48. The molecule has 16 heavy (non-hydrogen) atoms. The highest BCUT2D eigenvalue weighted by Crippen LogP contribution is 2.28. The Morgan fingerprint density at radius 2 is 2.06 bits per heavy atom. The zero-order valence-electron chi connectivity index (χ0n) is 9.93. The molecule has 90 valence electrons. The molecular weight excluding hydrogens is 332 g/mol. The fourth-order valence-corrected chi connectivity index (χ4v) is 2.84. The van der Waals surface area contributed by atoms with Gasteiger partial charge in [-0.15, -0.1) is 0 Å².